The van der Waals surface area contributed by atoms with Crippen LogP contribution in [0.3, 0.4) is 0 Å². The van der Waals surface area contributed by atoms with Gasteiger partial charge in [-0.3, -0.25) is 4.79 Å². The number of rotatable bonds is 6. The van der Waals surface area contributed by atoms with Gasteiger partial charge in [-0.25, -0.2) is 8.42 Å². The SMILES string of the molecule is O=C(NCCS(=O)(=O)N1CCN(c2ccc(Cl)cc2)CC1)c1ccc2ccccc2c1. The van der Waals surface area contributed by atoms with Crippen LogP contribution >= 0.6 is 11.6 Å². The van der Waals surface area contributed by atoms with Gasteiger partial charge < -0.3 is 10.2 Å². The molecule has 1 heterocycles. The van der Waals surface area contributed by atoms with Crippen LogP contribution in [0, 0.1) is 0 Å². The molecule has 1 saturated heterocycles. The maximum Gasteiger partial charge on any atom is 0.251 e. The van der Waals surface area contributed by atoms with E-state index in [1.54, 1.807) is 6.07 Å². The Morgan fingerprint density at radius 3 is 2.29 bits per heavy atom. The van der Waals surface area contributed by atoms with Crippen molar-refractivity contribution in [2.24, 2.45) is 0 Å². The van der Waals surface area contributed by atoms with Gasteiger partial charge in [0.15, 0.2) is 0 Å². The zero-order chi connectivity index (χ0) is 21.8. The predicted molar refractivity (Wildman–Crippen MR) is 125 cm³/mol. The number of nitrogens with zero attached hydrogens (tertiary/aromatic N) is 2. The number of benzene rings is 3. The fraction of sp³-hybridized carbons (Fsp3) is 0.261. The van der Waals surface area contributed by atoms with Crippen LogP contribution in [0.2, 0.25) is 5.02 Å². The van der Waals surface area contributed by atoms with Crippen LogP contribution in [0.5, 0.6) is 0 Å². The average molecular weight is 458 g/mol. The standard InChI is InChI=1S/C23H24ClN3O3S/c24-21-7-9-22(10-8-21)26-12-14-27(15-13-26)31(29,30)16-11-25-23(28)20-6-5-18-3-1-2-4-19(18)17-20/h1-10,17H,11-16H2,(H,25,28). The van der Waals surface area contributed by atoms with Crippen molar-refractivity contribution in [3.8, 4) is 0 Å². The van der Waals surface area contributed by atoms with Crippen LogP contribution in [-0.4, -0.2) is 57.1 Å². The molecule has 0 saturated carbocycles. The van der Waals surface area contributed by atoms with E-state index in [4.69, 9.17) is 11.6 Å². The molecule has 1 fully saturated rings. The Labute approximate surface area is 187 Å². The molecule has 1 aliphatic heterocycles. The van der Waals surface area contributed by atoms with Gasteiger partial charge in [-0.15, -0.1) is 0 Å². The molecule has 3 aromatic carbocycles. The molecule has 1 amide bonds. The third-order valence-corrected chi connectivity index (χ3v) is 7.60. The molecular weight excluding hydrogens is 434 g/mol. The van der Waals surface area contributed by atoms with Crippen LogP contribution in [0.15, 0.2) is 66.7 Å². The summed E-state index contributed by atoms with van der Waals surface area (Å²) < 4.78 is 26.9. The summed E-state index contributed by atoms with van der Waals surface area (Å²) in [6.45, 7) is 2.15. The molecule has 4 rings (SSSR count). The fourth-order valence-corrected chi connectivity index (χ4v) is 5.20. The van der Waals surface area contributed by atoms with Crippen LogP contribution in [0.1, 0.15) is 10.4 Å². The van der Waals surface area contributed by atoms with Gasteiger partial charge in [0.1, 0.15) is 0 Å². The summed E-state index contributed by atoms with van der Waals surface area (Å²) in [6.07, 6.45) is 0. The molecule has 31 heavy (non-hydrogen) atoms. The molecule has 3 aromatic rings. The van der Waals surface area contributed by atoms with Crippen molar-refractivity contribution in [3.05, 3.63) is 77.3 Å². The normalized spacial score (nSPS) is 15.2. The van der Waals surface area contributed by atoms with Crippen LogP contribution in [0.25, 0.3) is 10.8 Å². The number of nitrogens with one attached hydrogen (secondary N) is 1. The van der Waals surface area contributed by atoms with E-state index in [9.17, 15) is 13.2 Å². The van der Waals surface area contributed by atoms with Crippen LogP contribution < -0.4 is 10.2 Å². The molecule has 8 heteroatoms. The van der Waals surface area contributed by atoms with Gasteiger partial charge in [-0.1, -0.05) is 41.9 Å². The second-order valence-corrected chi connectivity index (χ2v) is 10.0. The lowest BCUT2D eigenvalue weighted by atomic mass is 10.1. The number of anilines is 1. The summed E-state index contributed by atoms with van der Waals surface area (Å²) in [7, 11) is -3.44. The first-order valence-electron chi connectivity index (χ1n) is 10.2. The van der Waals surface area contributed by atoms with E-state index in [1.807, 2.05) is 60.7 Å². The van der Waals surface area contributed by atoms with E-state index >= 15 is 0 Å². The van der Waals surface area contributed by atoms with Gasteiger partial charge in [0, 0.05) is 49.0 Å². The van der Waals surface area contributed by atoms with E-state index in [-0.39, 0.29) is 18.2 Å². The topological polar surface area (TPSA) is 69.7 Å². The number of fused-ring (bicyclic) bond motifs is 1. The maximum atomic E-state index is 12.7. The Kier molecular flexibility index (Phi) is 6.46. The Morgan fingerprint density at radius 1 is 0.903 bits per heavy atom. The first kappa shape index (κ1) is 21.6. The van der Waals surface area contributed by atoms with E-state index in [2.05, 4.69) is 10.2 Å². The quantitative estimate of drug-likeness (QED) is 0.616. The zero-order valence-corrected chi connectivity index (χ0v) is 18.6. The monoisotopic (exact) mass is 457 g/mol. The van der Waals surface area contributed by atoms with Crippen molar-refractivity contribution in [1.82, 2.24) is 9.62 Å². The van der Waals surface area contributed by atoms with Crippen molar-refractivity contribution in [1.29, 1.82) is 0 Å². The molecular formula is C23H24ClN3O3S. The summed E-state index contributed by atoms with van der Waals surface area (Å²) in [5, 5.41) is 5.44. The summed E-state index contributed by atoms with van der Waals surface area (Å²) in [5.74, 6) is -0.388. The molecule has 0 aliphatic carbocycles. The molecule has 0 radical (unpaired) electrons. The minimum Gasteiger partial charge on any atom is -0.369 e. The van der Waals surface area contributed by atoms with Crippen molar-refractivity contribution < 1.29 is 13.2 Å². The van der Waals surface area contributed by atoms with Gasteiger partial charge in [-0.05, 0) is 47.2 Å². The number of hydrogen-bond acceptors (Lipinski definition) is 4. The first-order valence-corrected chi connectivity index (χ1v) is 12.2. The molecule has 0 bridgehead atoms. The zero-order valence-electron chi connectivity index (χ0n) is 17.0. The minimum absolute atomic E-state index is 0.0748. The smallest absolute Gasteiger partial charge is 0.251 e. The van der Waals surface area contributed by atoms with E-state index in [1.165, 1.54) is 4.31 Å². The second-order valence-electron chi connectivity index (χ2n) is 7.50. The lowest BCUT2D eigenvalue weighted by molar-refractivity contribution is 0.0956. The predicted octanol–water partition coefficient (Wildman–Crippen LogP) is 3.38. The molecule has 0 spiro atoms. The summed E-state index contributed by atoms with van der Waals surface area (Å²) in [5.41, 5.74) is 1.55. The number of carbonyl (C=O) groups is 1. The Balaban J connectivity index is 1.29. The highest BCUT2D eigenvalue weighted by Gasteiger charge is 2.27. The highest BCUT2D eigenvalue weighted by atomic mass is 35.5. The van der Waals surface area contributed by atoms with Gasteiger partial charge in [-0.2, -0.15) is 4.31 Å². The molecule has 162 valence electrons. The minimum atomic E-state index is -3.44. The second kappa shape index (κ2) is 9.26. The maximum absolute atomic E-state index is 12.7. The van der Waals surface area contributed by atoms with E-state index in [0.29, 0.717) is 36.8 Å². The van der Waals surface area contributed by atoms with Crippen molar-refractivity contribution in [3.63, 3.8) is 0 Å². The highest BCUT2D eigenvalue weighted by Crippen LogP contribution is 2.20. The van der Waals surface area contributed by atoms with E-state index < -0.39 is 10.0 Å². The summed E-state index contributed by atoms with van der Waals surface area (Å²) in [6, 6.07) is 20.8. The number of hydrogen-bond donors (Lipinski definition) is 1. The van der Waals surface area contributed by atoms with Crippen molar-refractivity contribution in [2.75, 3.05) is 43.4 Å². The van der Waals surface area contributed by atoms with Gasteiger partial charge >= 0.3 is 0 Å². The number of piperazine rings is 1. The highest BCUT2D eigenvalue weighted by molar-refractivity contribution is 7.89. The number of sulfonamides is 1. The average Bonchev–Trinajstić information content (AvgIpc) is 2.79. The molecule has 1 N–H and O–H groups in total. The van der Waals surface area contributed by atoms with Crippen molar-refractivity contribution in [2.45, 2.75) is 0 Å². The van der Waals surface area contributed by atoms with Crippen LogP contribution in [-0.2, 0) is 10.0 Å². The fourth-order valence-electron chi connectivity index (χ4n) is 3.73. The third-order valence-electron chi connectivity index (χ3n) is 5.48. The van der Waals surface area contributed by atoms with Gasteiger partial charge in [0.25, 0.3) is 5.91 Å². The molecule has 0 aromatic heterocycles. The van der Waals surface area contributed by atoms with Gasteiger partial charge in [0.2, 0.25) is 10.0 Å². The Hall–Kier alpha value is -2.61. The number of halogens is 1. The molecule has 0 unspecified atom stereocenters. The Bertz CT molecular complexity index is 1170. The van der Waals surface area contributed by atoms with Gasteiger partial charge in [0.05, 0.1) is 5.75 Å². The van der Waals surface area contributed by atoms with Crippen LogP contribution in [0.4, 0.5) is 5.69 Å². The number of carbonyl (C=O) groups excluding carboxylic acids is 1. The largest absolute Gasteiger partial charge is 0.369 e. The lowest BCUT2D eigenvalue weighted by Gasteiger charge is -2.35. The number of amides is 1. The summed E-state index contributed by atoms with van der Waals surface area (Å²) >= 11 is 5.93. The third kappa shape index (κ3) is 5.18. The summed E-state index contributed by atoms with van der Waals surface area (Å²) in [4.78, 5) is 14.6. The van der Waals surface area contributed by atoms with E-state index in [0.717, 1.165) is 16.5 Å². The lowest BCUT2D eigenvalue weighted by Crippen LogP contribution is -2.50. The molecule has 0 atom stereocenters. The van der Waals surface area contributed by atoms with Crippen molar-refractivity contribution >= 4 is 44.0 Å². The molecule has 1 aliphatic rings. The molecule has 6 nitrogen and oxygen atoms in total. The first-order chi connectivity index (χ1) is 14.9. The Morgan fingerprint density at radius 2 is 1.58 bits per heavy atom.